The molecule has 2 N–H and O–H groups in total. The van der Waals surface area contributed by atoms with Gasteiger partial charge in [0.2, 0.25) is 0 Å². The molecule has 2 aromatic rings. The van der Waals surface area contributed by atoms with Crippen LogP contribution in [-0.4, -0.2) is 64.9 Å². The smallest absolute Gasteiger partial charge is 0.407 e. The lowest BCUT2D eigenvalue weighted by atomic mass is 9.88. The van der Waals surface area contributed by atoms with Crippen LogP contribution < -0.4 is 5.32 Å². The normalized spacial score (nSPS) is 28.6. The molecule has 0 saturated carbocycles. The summed E-state index contributed by atoms with van der Waals surface area (Å²) in [6.07, 6.45) is 1.29. The summed E-state index contributed by atoms with van der Waals surface area (Å²) in [4.78, 5) is 39.7. The van der Waals surface area contributed by atoms with Crippen molar-refractivity contribution in [3.05, 3.63) is 59.7 Å². The number of rotatable bonds is 5. The van der Waals surface area contributed by atoms with Gasteiger partial charge in [-0.2, -0.15) is 0 Å². The number of fused-ring (bicyclic) bond motifs is 5. The Morgan fingerprint density at radius 2 is 1.63 bits per heavy atom. The first-order valence-electron chi connectivity index (χ1n) is 12.3. The van der Waals surface area contributed by atoms with Crippen molar-refractivity contribution in [3.63, 3.8) is 0 Å². The van der Waals surface area contributed by atoms with Crippen molar-refractivity contribution in [3.8, 4) is 11.1 Å². The quantitative estimate of drug-likeness (QED) is 0.686. The van der Waals surface area contributed by atoms with E-state index in [0.717, 1.165) is 22.3 Å². The number of nitrogens with zero attached hydrogens (tertiary/aromatic N) is 1. The summed E-state index contributed by atoms with van der Waals surface area (Å²) >= 11 is 0. The van der Waals surface area contributed by atoms with Crippen molar-refractivity contribution in [2.75, 3.05) is 13.2 Å². The SMILES string of the molecule is O=C(NC1CCOC1C(=O)N1C2CCC1(C(=O)O)CC2)OCC1c2ccccc2-c2ccccc21. The van der Waals surface area contributed by atoms with E-state index in [9.17, 15) is 19.5 Å². The second-order valence-corrected chi connectivity index (χ2v) is 9.93. The van der Waals surface area contributed by atoms with E-state index in [2.05, 4.69) is 29.6 Å². The zero-order chi connectivity index (χ0) is 24.2. The van der Waals surface area contributed by atoms with Gasteiger partial charge in [-0.1, -0.05) is 48.5 Å². The van der Waals surface area contributed by atoms with Gasteiger partial charge in [-0.05, 0) is 54.4 Å². The molecule has 4 aliphatic rings. The summed E-state index contributed by atoms with van der Waals surface area (Å²) < 4.78 is 11.3. The number of ether oxygens (including phenoxy) is 2. The number of carbonyl (C=O) groups is 3. The first kappa shape index (κ1) is 22.1. The van der Waals surface area contributed by atoms with E-state index in [-0.39, 0.29) is 24.5 Å². The molecular weight excluding hydrogens is 448 g/mol. The van der Waals surface area contributed by atoms with E-state index in [1.165, 1.54) is 4.90 Å². The molecule has 0 aromatic heterocycles. The van der Waals surface area contributed by atoms with Crippen LogP contribution in [0.1, 0.15) is 49.1 Å². The number of aliphatic carboxylic acids is 1. The van der Waals surface area contributed by atoms with E-state index in [4.69, 9.17) is 9.47 Å². The Hall–Kier alpha value is -3.39. The van der Waals surface area contributed by atoms with E-state index < -0.39 is 29.7 Å². The molecule has 2 unspecified atom stereocenters. The first-order valence-corrected chi connectivity index (χ1v) is 12.3. The van der Waals surface area contributed by atoms with Crippen LogP contribution >= 0.6 is 0 Å². The van der Waals surface area contributed by atoms with Gasteiger partial charge < -0.3 is 24.8 Å². The van der Waals surface area contributed by atoms with Crippen LogP contribution in [0.4, 0.5) is 4.79 Å². The van der Waals surface area contributed by atoms with E-state index in [1.807, 2.05) is 24.3 Å². The molecule has 0 spiro atoms. The predicted octanol–water partition coefficient (Wildman–Crippen LogP) is 3.29. The van der Waals surface area contributed by atoms with Crippen molar-refractivity contribution in [2.24, 2.45) is 0 Å². The van der Waals surface area contributed by atoms with Crippen LogP contribution in [-0.2, 0) is 19.1 Å². The molecule has 2 bridgehead atoms. The maximum Gasteiger partial charge on any atom is 0.407 e. The molecule has 2 aromatic carbocycles. The van der Waals surface area contributed by atoms with Gasteiger partial charge in [-0.25, -0.2) is 9.59 Å². The molecule has 182 valence electrons. The summed E-state index contributed by atoms with van der Waals surface area (Å²) in [6.45, 7) is 0.506. The van der Waals surface area contributed by atoms with Crippen molar-refractivity contribution < 1.29 is 29.0 Å². The third-order valence-electron chi connectivity index (χ3n) is 8.23. The summed E-state index contributed by atoms with van der Waals surface area (Å²) in [5.74, 6) is -1.35. The molecule has 3 saturated heterocycles. The molecule has 2 atom stereocenters. The number of benzene rings is 2. The Kier molecular flexibility index (Phi) is 5.29. The molecule has 0 radical (unpaired) electrons. The van der Waals surface area contributed by atoms with Gasteiger partial charge in [0.05, 0.1) is 6.04 Å². The average molecular weight is 477 g/mol. The fourth-order valence-corrected chi connectivity index (χ4v) is 6.55. The van der Waals surface area contributed by atoms with Crippen LogP contribution in [0.3, 0.4) is 0 Å². The summed E-state index contributed by atoms with van der Waals surface area (Å²) in [5, 5.41) is 12.7. The Balaban J connectivity index is 1.13. The van der Waals surface area contributed by atoms with Crippen molar-refractivity contribution in [1.29, 1.82) is 0 Å². The van der Waals surface area contributed by atoms with Crippen LogP contribution in [0.15, 0.2) is 48.5 Å². The van der Waals surface area contributed by atoms with Crippen LogP contribution in [0.2, 0.25) is 0 Å². The Labute approximate surface area is 203 Å². The number of hydrogen-bond donors (Lipinski definition) is 2. The van der Waals surface area contributed by atoms with Crippen molar-refractivity contribution in [2.45, 2.75) is 61.7 Å². The molecule has 3 heterocycles. The van der Waals surface area contributed by atoms with Gasteiger partial charge in [0.1, 0.15) is 12.1 Å². The monoisotopic (exact) mass is 476 g/mol. The van der Waals surface area contributed by atoms with Gasteiger partial charge in [-0.3, -0.25) is 4.79 Å². The molecular formula is C27H28N2O6. The van der Waals surface area contributed by atoms with Gasteiger partial charge >= 0.3 is 12.1 Å². The fraction of sp³-hybridized carbons (Fsp3) is 0.444. The Morgan fingerprint density at radius 1 is 1.00 bits per heavy atom. The highest BCUT2D eigenvalue weighted by Gasteiger charge is 2.60. The largest absolute Gasteiger partial charge is 0.479 e. The van der Waals surface area contributed by atoms with Crippen LogP contribution in [0.5, 0.6) is 0 Å². The highest BCUT2D eigenvalue weighted by atomic mass is 16.6. The fourth-order valence-electron chi connectivity index (χ4n) is 6.55. The number of nitrogens with one attached hydrogen (secondary N) is 1. The number of carboxylic acid groups (broad SMARTS) is 1. The van der Waals surface area contributed by atoms with Gasteiger partial charge in [0.15, 0.2) is 6.10 Å². The number of alkyl carbamates (subject to hydrolysis) is 1. The van der Waals surface area contributed by atoms with Crippen molar-refractivity contribution in [1.82, 2.24) is 10.2 Å². The molecule has 3 fully saturated rings. The lowest BCUT2D eigenvalue weighted by Gasteiger charge is -2.33. The Bertz CT molecular complexity index is 1140. The van der Waals surface area contributed by atoms with Gasteiger partial charge in [0.25, 0.3) is 5.91 Å². The van der Waals surface area contributed by atoms with Gasteiger partial charge in [-0.15, -0.1) is 0 Å². The molecule has 8 nitrogen and oxygen atoms in total. The molecule has 6 rings (SSSR count). The lowest BCUT2D eigenvalue weighted by molar-refractivity contribution is -0.159. The predicted molar refractivity (Wildman–Crippen MR) is 126 cm³/mol. The zero-order valence-corrected chi connectivity index (χ0v) is 19.3. The Morgan fingerprint density at radius 3 is 2.26 bits per heavy atom. The van der Waals surface area contributed by atoms with E-state index >= 15 is 0 Å². The second kappa shape index (κ2) is 8.37. The molecule has 8 heteroatoms. The number of carbonyl (C=O) groups excluding carboxylic acids is 2. The highest BCUT2D eigenvalue weighted by Crippen LogP contribution is 2.47. The lowest BCUT2D eigenvalue weighted by Crippen LogP contribution is -2.57. The van der Waals surface area contributed by atoms with Gasteiger partial charge in [0, 0.05) is 18.6 Å². The second-order valence-electron chi connectivity index (χ2n) is 9.93. The third kappa shape index (κ3) is 3.42. The summed E-state index contributed by atoms with van der Waals surface area (Å²) in [7, 11) is 0. The van der Waals surface area contributed by atoms with E-state index in [0.29, 0.717) is 38.7 Å². The van der Waals surface area contributed by atoms with E-state index in [1.54, 1.807) is 0 Å². The minimum atomic E-state index is -1.14. The van der Waals surface area contributed by atoms with Crippen molar-refractivity contribution >= 4 is 18.0 Å². The minimum absolute atomic E-state index is 0.0546. The van der Waals surface area contributed by atoms with Crippen LogP contribution in [0.25, 0.3) is 11.1 Å². The first-order chi connectivity index (χ1) is 17.0. The zero-order valence-electron chi connectivity index (χ0n) is 19.3. The minimum Gasteiger partial charge on any atom is -0.479 e. The number of hydrogen-bond acceptors (Lipinski definition) is 5. The number of amides is 2. The average Bonchev–Trinajstić information content (AvgIpc) is 3.64. The molecule has 3 aliphatic heterocycles. The standard InChI is InChI=1S/C27H28N2O6/c30-24(29-16-9-12-27(29,13-10-16)25(31)32)23-22(11-14-34-23)28-26(33)35-15-21-19-7-3-1-5-17(19)18-6-2-4-8-20(18)21/h1-8,16,21-23H,9-15H2,(H,28,33)(H,31,32). The summed E-state index contributed by atoms with van der Waals surface area (Å²) in [6, 6.07) is 15.6. The summed E-state index contributed by atoms with van der Waals surface area (Å²) in [5.41, 5.74) is 3.42. The molecule has 35 heavy (non-hydrogen) atoms. The highest BCUT2D eigenvalue weighted by molar-refractivity contribution is 5.92. The topological polar surface area (TPSA) is 105 Å². The third-order valence-corrected chi connectivity index (χ3v) is 8.23. The molecule has 2 amide bonds. The van der Waals surface area contributed by atoms with Crippen LogP contribution in [0, 0.1) is 0 Å². The number of carboxylic acids is 1. The maximum atomic E-state index is 13.4. The molecule has 1 aliphatic carbocycles. The maximum absolute atomic E-state index is 13.4.